The highest BCUT2D eigenvalue weighted by molar-refractivity contribution is 5.87. The van der Waals surface area contributed by atoms with Crippen LogP contribution in [0.4, 0.5) is 0 Å². The highest BCUT2D eigenvalue weighted by atomic mass is 16.5. The van der Waals surface area contributed by atoms with Crippen molar-refractivity contribution in [3.05, 3.63) is 0 Å². The third-order valence-corrected chi connectivity index (χ3v) is 3.41. The molecule has 0 aliphatic carbocycles. The number of amides is 1. The van der Waals surface area contributed by atoms with E-state index in [1.54, 1.807) is 6.92 Å². The SMILES string of the molecule is CCCC(C(=O)OCC)N1CCNC(=O)C1(C)C. The van der Waals surface area contributed by atoms with E-state index >= 15 is 0 Å². The number of rotatable bonds is 5. The fourth-order valence-corrected chi connectivity index (χ4v) is 2.37. The van der Waals surface area contributed by atoms with Crippen molar-refractivity contribution in [2.24, 2.45) is 0 Å². The Labute approximate surface area is 109 Å². The molecule has 1 N–H and O–H groups in total. The van der Waals surface area contributed by atoms with E-state index in [2.05, 4.69) is 5.32 Å². The van der Waals surface area contributed by atoms with Crippen LogP contribution in [0.25, 0.3) is 0 Å². The summed E-state index contributed by atoms with van der Waals surface area (Å²) in [4.78, 5) is 25.9. The molecule has 1 aliphatic heterocycles. The summed E-state index contributed by atoms with van der Waals surface area (Å²) in [6, 6.07) is -0.323. The smallest absolute Gasteiger partial charge is 0.323 e. The fraction of sp³-hybridized carbons (Fsp3) is 0.846. The topological polar surface area (TPSA) is 58.6 Å². The Bertz CT molecular complexity index is 315. The molecule has 104 valence electrons. The molecule has 0 aromatic heterocycles. The van der Waals surface area contributed by atoms with Gasteiger partial charge in [-0.05, 0) is 27.2 Å². The molecule has 0 spiro atoms. The summed E-state index contributed by atoms with van der Waals surface area (Å²) < 4.78 is 5.13. The largest absolute Gasteiger partial charge is 0.465 e. The monoisotopic (exact) mass is 256 g/mol. The Morgan fingerprint density at radius 3 is 2.72 bits per heavy atom. The molecule has 1 unspecified atom stereocenters. The Morgan fingerprint density at radius 1 is 1.50 bits per heavy atom. The predicted molar refractivity (Wildman–Crippen MR) is 69.1 cm³/mol. The first-order valence-corrected chi connectivity index (χ1v) is 6.66. The summed E-state index contributed by atoms with van der Waals surface area (Å²) in [6.07, 6.45) is 1.60. The van der Waals surface area contributed by atoms with E-state index in [1.807, 2.05) is 25.7 Å². The van der Waals surface area contributed by atoms with Gasteiger partial charge in [0.2, 0.25) is 5.91 Å². The summed E-state index contributed by atoms with van der Waals surface area (Å²) in [5.74, 6) is -0.249. The van der Waals surface area contributed by atoms with Crippen LogP contribution < -0.4 is 5.32 Å². The zero-order valence-electron chi connectivity index (χ0n) is 11.8. The minimum absolute atomic E-state index is 0.0286. The van der Waals surface area contributed by atoms with Gasteiger partial charge in [-0.25, -0.2) is 0 Å². The van der Waals surface area contributed by atoms with Crippen LogP contribution in [0.5, 0.6) is 0 Å². The summed E-state index contributed by atoms with van der Waals surface area (Å²) in [5.41, 5.74) is -0.662. The lowest BCUT2D eigenvalue weighted by Gasteiger charge is -2.44. The number of carbonyl (C=O) groups is 2. The molecular formula is C13H24N2O3. The Hall–Kier alpha value is -1.10. The summed E-state index contributed by atoms with van der Waals surface area (Å²) in [6.45, 7) is 9.18. The molecule has 5 nitrogen and oxygen atoms in total. The van der Waals surface area contributed by atoms with E-state index in [1.165, 1.54) is 0 Å². The standard InChI is InChI=1S/C13H24N2O3/c1-5-7-10(11(16)18-6-2)15-9-8-14-12(17)13(15,3)4/h10H,5-9H2,1-4H3,(H,14,17). The average molecular weight is 256 g/mol. The second kappa shape index (κ2) is 6.18. The van der Waals surface area contributed by atoms with Crippen LogP contribution in [0.15, 0.2) is 0 Å². The number of esters is 1. The molecule has 1 saturated heterocycles. The molecule has 18 heavy (non-hydrogen) atoms. The number of carbonyl (C=O) groups excluding carboxylic acids is 2. The van der Waals surface area contributed by atoms with E-state index in [0.717, 1.165) is 12.8 Å². The van der Waals surface area contributed by atoms with Crippen molar-refractivity contribution in [1.29, 1.82) is 0 Å². The molecule has 1 aliphatic rings. The van der Waals surface area contributed by atoms with Crippen molar-refractivity contribution in [2.45, 2.75) is 52.1 Å². The lowest BCUT2D eigenvalue weighted by molar-refractivity contribution is -0.156. The second-order valence-electron chi connectivity index (χ2n) is 5.06. The maximum atomic E-state index is 12.0. The maximum absolute atomic E-state index is 12.0. The van der Waals surface area contributed by atoms with Crippen molar-refractivity contribution < 1.29 is 14.3 Å². The number of hydrogen-bond donors (Lipinski definition) is 1. The molecule has 1 amide bonds. The molecule has 0 aromatic rings. The van der Waals surface area contributed by atoms with Crippen LogP contribution in [0.3, 0.4) is 0 Å². The Balaban J connectivity index is 2.89. The third-order valence-electron chi connectivity index (χ3n) is 3.41. The van der Waals surface area contributed by atoms with Crippen LogP contribution in [-0.4, -0.2) is 48.1 Å². The van der Waals surface area contributed by atoms with Gasteiger partial charge in [0, 0.05) is 13.1 Å². The first kappa shape index (κ1) is 15.0. The number of nitrogens with zero attached hydrogens (tertiary/aromatic N) is 1. The second-order valence-corrected chi connectivity index (χ2v) is 5.06. The van der Waals surface area contributed by atoms with Gasteiger partial charge in [0.15, 0.2) is 0 Å². The molecule has 1 fully saturated rings. The first-order chi connectivity index (χ1) is 8.45. The highest BCUT2D eigenvalue weighted by Crippen LogP contribution is 2.23. The third kappa shape index (κ3) is 3.02. The van der Waals surface area contributed by atoms with Crippen molar-refractivity contribution in [3.8, 4) is 0 Å². The van der Waals surface area contributed by atoms with Gasteiger partial charge in [-0.3, -0.25) is 14.5 Å². The molecule has 0 bridgehead atoms. The van der Waals surface area contributed by atoms with Crippen LogP contribution in [0, 0.1) is 0 Å². The highest BCUT2D eigenvalue weighted by Gasteiger charge is 2.43. The summed E-state index contributed by atoms with van der Waals surface area (Å²) >= 11 is 0. The fourth-order valence-electron chi connectivity index (χ4n) is 2.37. The Morgan fingerprint density at radius 2 is 2.17 bits per heavy atom. The average Bonchev–Trinajstić information content (AvgIpc) is 2.30. The molecular weight excluding hydrogens is 232 g/mol. The van der Waals surface area contributed by atoms with Gasteiger partial charge >= 0.3 is 5.97 Å². The lowest BCUT2D eigenvalue weighted by Crippen LogP contribution is -2.65. The van der Waals surface area contributed by atoms with Crippen molar-refractivity contribution >= 4 is 11.9 Å². The molecule has 1 atom stereocenters. The molecule has 1 rings (SSSR count). The predicted octanol–water partition coefficient (Wildman–Crippen LogP) is 0.929. The van der Waals surface area contributed by atoms with Gasteiger partial charge in [0.1, 0.15) is 6.04 Å². The minimum Gasteiger partial charge on any atom is -0.465 e. The van der Waals surface area contributed by atoms with Gasteiger partial charge in [0.25, 0.3) is 0 Å². The molecule has 0 radical (unpaired) electrons. The maximum Gasteiger partial charge on any atom is 0.323 e. The summed E-state index contributed by atoms with van der Waals surface area (Å²) in [5, 5.41) is 2.84. The van der Waals surface area contributed by atoms with E-state index in [4.69, 9.17) is 4.74 Å². The van der Waals surface area contributed by atoms with E-state index in [-0.39, 0.29) is 17.9 Å². The van der Waals surface area contributed by atoms with E-state index in [0.29, 0.717) is 19.7 Å². The lowest BCUT2D eigenvalue weighted by atomic mass is 9.94. The van der Waals surface area contributed by atoms with Gasteiger partial charge < -0.3 is 10.1 Å². The number of piperazine rings is 1. The van der Waals surface area contributed by atoms with Gasteiger partial charge in [-0.2, -0.15) is 0 Å². The molecule has 0 saturated carbocycles. The number of hydrogen-bond acceptors (Lipinski definition) is 4. The number of ether oxygens (including phenoxy) is 1. The van der Waals surface area contributed by atoms with Crippen molar-refractivity contribution in [3.63, 3.8) is 0 Å². The van der Waals surface area contributed by atoms with Gasteiger partial charge in [0.05, 0.1) is 12.1 Å². The van der Waals surface area contributed by atoms with Gasteiger partial charge in [-0.15, -0.1) is 0 Å². The van der Waals surface area contributed by atoms with Crippen LogP contribution in [0.1, 0.15) is 40.5 Å². The van der Waals surface area contributed by atoms with Crippen LogP contribution in [-0.2, 0) is 14.3 Å². The minimum atomic E-state index is -0.662. The van der Waals surface area contributed by atoms with Crippen molar-refractivity contribution in [1.82, 2.24) is 10.2 Å². The quantitative estimate of drug-likeness (QED) is 0.743. The Kier molecular flexibility index (Phi) is 5.14. The normalized spacial score (nSPS) is 21.2. The van der Waals surface area contributed by atoms with Gasteiger partial charge in [-0.1, -0.05) is 13.3 Å². The molecule has 1 heterocycles. The molecule has 0 aromatic carbocycles. The molecule has 5 heteroatoms. The summed E-state index contributed by atoms with van der Waals surface area (Å²) in [7, 11) is 0. The zero-order valence-corrected chi connectivity index (χ0v) is 11.8. The first-order valence-electron chi connectivity index (χ1n) is 6.66. The van der Waals surface area contributed by atoms with Crippen LogP contribution in [0.2, 0.25) is 0 Å². The van der Waals surface area contributed by atoms with E-state index < -0.39 is 5.54 Å². The van der Waals surface area contributed by atoms with Crippen LogP contribution >= 0.6 is 0 Å². The zero-order chi connectivity index (χ0) is 13.8. The van der Waals surface area contributed by atoms with Crippen molar-refractivity contribution in [2.75, 3.05) is 19.7 Å². The number of nitrogens with one attached hydrogen (secondary N) is 1. The van der Waals surface area contributed by atoms with E-state index in [9.17, 15) is 9.59 Å².